The third kappa shape index (κ3) is 8.83. The number of sulfone groups is 1. The van der Waals surface area contributed by atoms with Gasteiger partial charge in [-0.25, -0.2) is 13.2 Å². The Kier molecular flexibility index (Phi) is 10.8. The third-order valence-electron chi connectivity index (χ3n) is 5.79. The summed E-state index contributed by atoms with van der Waals surface area (Å²) in [4.78, 5) is 22.0. The number of alkyl halides is 6. The molecule has 1 fully saturated rings. The molecule has 216 valence electrons. The topological polar surface area (TPSA) is 113 Å². The summed E-state index contributed by atoms with van der Waals surface area (Å²) in [5.41, 5.74) is -0.829. The van der Waals surface area contributed by atoms with Crippen LogP contribution in [-0.4, -0.2) is 49.9 Å². The van der Waals surface area contributed by atoms with E-state index >= 15 is 0 Å². The lowest BCUT2D eigenvalue weighted by atomic mass is 9.92. The molecule has 1 heterocycles. The van der Waals surface area contributed by atoms with Gasteiger partial charge in [-0.1, -0.05) is 43.1 Å². The molecule has 0 bridgehead atoms. The molecular formula is C24H25ClF6N2O5S. The lowest BCUT2D eigenvalue weighted by Crippen LogP contribution is -2.46. The molecule has 39 heavy (non-hydrogen) atoms. The molecule has 7 nitrogen and oxygen atoms in total. The Morgan fingerprint density at radius 3 is 2.23 bits per heavy atom. The summed E-state index contributed by atoms with van der Waals surface area (Å²) in [7, 11) is -3.47. The van der Waals surface area contributed by atoms with Crippen molar-refractivity contribution in [2.45, 2.75) is 55.5 Å². The van der Waals surface area contributed by atoms with E-state index in [1.165, 1.54) is 18.2 Å². The van der Waals surface area contributed by atoms with Crippen LogP contribution in [0.2, 0.25) is 5.02 Å². The first-order valence-corrected chi connectivity index (χ1v) is 13.5. The number of piperidine rings is 1. The summed E-state index contributed by atoms with van der Waals surface area (Å²) in [6.07, 6.45) is -7.20. The molecule has 0 aliphatic carbocycles. The Hall–Kier alpha value is -2.84. The predicted molar refractivity (Wildman–Crippen MR) is 130 cm³/mol. The van der Waals surface area contributed by atoms with Gasteiger partial charge in [0, 0.05) is 6.04 Å². The number of rotatable bonds is 6. The van der Waals surface area contributed by atoms with Gasteiger partial charge in [0.1, 0.15) is 0 Å². The van der Waals surface area contributed by atoms with Gasteiger partial charge < -0.3 is 15.7 Å². The lowest BCUT2D eigenvalue weighted by Gasteiger charge is -2.32. The standard InChI is InChI=1S/C22H24ClF3N2O3S.C2HF3O2/c1-2-32(30,31)15-8-5-7-14(13-15)20(18-11-3-4-12-27-18)28-21(29)16-9-6-10-17(19(16)23)22(24,25)26;3-2(4,5)1(6)7/h5-10,13,18,20,27H,2-4,11-12H2,1H3,(H,28,29);(H,6,7)/t18-,20-;/m1./s1. The van der Waals surface area contributed by atoms with Crippen molar-refractivity contribution in [3.8, 4) is 0 Å². The molecule has 0 spiro atoms. The maximum absolute atomic E-state index is 13.2. The molecular weight excluding hydrogens is 578 g/mol. The van der Waals surface area contributed by atoms with Gasteiger partial charge >= 0.3 is 18.3 Å². The largest absolute Gasteiger partial charge is 0.490 e. The van der Waals surface area contributed by atoms with Crippen LogP contribution in [0.5, 0.6) is 0 Å². The van der Waals surface area contributed by atoms with E-state index in [1.54, 1.807) is 19.1 Å². The van der Waals surface area contributed by atoms with E-state index in [1.807, 2.05) is 0 Å². The van der Waals surface area contributed by atoms with Crippen LogP contribution in [0.25, 0.3) is 0 Å². The van der Waals surface area contributed by atoms with Crippen LogP contribution in [-0.2, 0) is 20.8 Å². The fourth-order valence-corrected chi connectivity index (χ4v) is 5.05. The van der Waals surface area contributed by atoms with Crippen molar-refractivity contribution >= 4 is 33.3 Å². The van der Waals surface area contributed by atoms with Crippen molar-refractivity contribution in [3.05, 3.63) is 64.2 Å². The first-order chi connectivity index (χ1) is 18.0. The van der Waals surface area contributed by atoms with Gasteiger partial charge in [-0.15, -0.1) is 0 Å². The second kappa shape index (κ2) is 13.0. The number of benzene rings is 2. The van der Waals surface area contributed by atoms with Crippen molar-refractivity contribution in [2.24, 2.45) is 0 Å². The van der Waals surface area contributed by atoms with Gasteiger partial charge in [-0.05, 0) is 49.2 Å². The van der Waals surface area contributed by atoms with Crippen molar-refractivity contribution in [3.63, 3.8) is 0 Å². The van der Waals surface area contributed by atoms with Gasteiger partial charge in [0.05, 0.1) is 32.8 Å². The van der Waals surface area contributed by atoms with Crippen molar-refractivity contribution in [1.29, 1.82) is 0 Å². The van der Waals surface area contributed by atoms with Crippen molar-refractivity contribution in [2.75, 3.05) is 12.3 Å². The Morgan fingerprint density at radius 2 is 1.72 bits per heavy atom. The molecule has 0 aromatic heterocycles. The SMILES string of the molecule is CCS(=O)(=O)c1cccc([C@@H](NC(=O)c2cccc(C(F)(F)F)c2Cl)[C@H]2CCCCN2)c1.O=C(O)C(F)(F)F. The molecule has 2 aromatic carbocycles. The summed E-state index contributed by atoms with van der Waals surface area (Å²) in [5, 5.41) is 12.6. The number of halogens is 7. The van der Waals surface area contributed by atoms with Crippen LogP contribution in [0.15, 0.2) is 47.4 Å². The van der Waals surface area contributed by atoms with E-state index in [4.69, 9.17) is 21.5 Å². The van der Waals surface area contributed by atoms with Gasteiger partial charge in [0.15, 0.2) is 9.84 Å². The number of aliphatic carboxylic acids is 1. The zero-order chi connectivity index (χ0) is 29.6. The van der Waals surface area contributed by atoms with Crippen molar-refractivity contribution < 1.29 is 49.5 Å². The van der Waals surface area contributed by atoms with E-state index in [-0.39, 0.29) is 22.3 Å². The fourth-order valence-electron chi connectivity index (χ4n) is 3.79. The fraction of sp³-hybridized carbons (Fsp3) is 0.417. The van der Waals surface area contributed by atoms with Gasteiger partial charge in [-0.3, -0.25) is 4.79 Å². The number of amides is 1. The van der Waals surface area contributed by atoms with E-state index in [0.717, 1.165) is 25.0 Å². The molecule has 15 heteroatoms. The molecule has 0 saturated carbocycles. The molecule has 1 amide bonds. The lowest BCUT2D eigenvalue weighted by molar-refractivity contribution is -0.192. The van der Waals surface area contributed by atoms with Gasteiger partial charge in [0.25, 0.3) is 5.91 Å². The third-order valence-corrected chi connectivity index (χ3v) is 7.92. The van der Waals surface area contributed by atoms with Crippen LogP contribution >= 0.6 is 11.6 Å². The summed E-state index contributed by atoms with van der Waals surface area (Å²) in [5.74, 6) is -3.59. The summed E-state index contributed by atoms with van der Waals surface area (Å²) >= 11 is 5.93. The minimum atomic E-state index is -5.08. The average molecular weight is 603 g/mol. The second-order valence-corrected chi connectivity index (χ2v) is 11.1. The number of carbonyl (C=O) groups is 2. The Morgan fingerprint density at radius 1 is 1.10 bits per heavy atom. The minimum absolute atomic E-state index is 0.0744. The molecule has 1 aliphatic heterocycles. The predicted octanol–water partition coefficient (Wildman–Crippen LogP) is 5.40. The highest BCUT2D eigenvalue weighted by Crippen LogP contribution is 2.36. The van der Waals surface area contributed by atoms with Crippen LogP contribution in [0.3, 0.4) is 0 Å². The Labute approximate surface area is 225 Å². The molecule has 3 N–H and O–H groups in total. The summed E-state index contributed by atoms with van der Waals surface area (Å²) in [6, 6.07) is 8.60. The minimum Gasteiger partial charge on any atom is -0.475 e. The molecule has 0 unspecified atom stereocenters. The molecule has 2 aromatic rings. The average Bonchev–Trinajstić information content (AvgIpc) is 2.87. The highest BCUT2D eigenvalue weighted by Gasteiger charge is 2.38. The first kappa shape index (κ1) is 32.4. The smallest absolute Gasteiger partial charge is 0.475 e. The number of carboxylic acid groups (broad SMARTS) is 1. The maximum atomic E-state index is 13.2. The molecule has 1 saturated heterocycles. The van der Waals surface area contributed by atoms with Gasteiger partial charge in [-0.2, -0.15) is 26.3 Å². The van der Waals surface area contributed by atoms with Crippen LogP contribution in [0.4, 0.5) is 26.3 Å². The van der Waals surface area contributed by atoms with Crippen molar-refractivity contribution in [1.82, 2.24) is 10.6 Å². The number of nitrogens with one attached hydrogen (secondary N) is 2. The number of hydrogen-bond acceptors (Lipinski definition) is 5. The molecule has 0 radical (unpaired) electrons. The monoisotopic (exact) mass is 602 g/mol. The normalized spacial score (nSPS) is 17.0. The zero-order valence-electron chi connectivity index (χ0n) is 20.4. The van der Waals surface area contributed by atoms with Crippen LogP contribution in [0.1, 0.15) is 53.7 Å². The van der Waals surface area contributed by atoms with E-state index < -0.39 is 50.7 Å². The highest BCUT2D eigenvalue weighted by atomic mass is 35.5. The first-order valence-electron chi connectivity index (χ1n) is 11.5. The Bertz CT molecular complexity index is 1280. The molecule has 3 rings (SSSR count). The summed E-state index contributed by atoms with van der Waals surface area (Å²) < 4.78 is 96.1. The molecule has 2 atom stereocenters. The summed E-state index contributed by atoms with van der Waals surface area (Å²) in [6.45, 7) is 2.26. The van der Waals surface area contributed by atoms with E-state index in [9.17, 15) is 39.6 Å². The maximum Gasteiger partial charge on any atom is 0.490 e. The quantitative estimate of drug-likeness (QED) is 0.382. The zero-order valence-corrected chi connectivity index (χ0v) is 21.9. The second-order valence-electron chi connectivity index (χ2n) is 8.45. The van der Waals surface area contributed by atoms with Gasteiger partial charge in [0.2, 0.25) is 0 Å². The van der Waals surface area contributed by atoms with E-state index in [2.05, 4.69) is 10.6 Å². The number of carboxylic acids is 1. The highest BCUT2D eigenvalue weighted by molar-refractivity contribution is 7.91. The van der Waals surface area contributed by atoms with Crippen LogP contribution < -0.4 is 10.6 Å². The number of carbonyl (C=O) groups excluding carboxylic acids is 1. The molecule has 1 aliphatic rings. The Balaban J connectivity index is 0.000000673. The van der Waals surface area contributed by atoms with Crippen LogP contribution in [0, 0.1) is 0 Å². The van der Waals surface area contributed by atoms with E-state index in [0.29, 0.717) is 18.5 Å². The number of hydrogen-bond donors (Lipinski definition) is 3.